The summed E-state index contributed by atoms with van der Waals surface area (Å²) in [6.07, 6.45) is 4.55. The van der Waals surface area contributed by atoms with Crippen molar-refractivity contribution < 1.29 is 19.5 Å². The zero-order valence-electron chi connectivity index (χ0n) is 11.4. The average molecular weight is 270 g/mol. The fourth-order valence-corrected chi connectivity index (χ4v) is 2.07. The third-order valence-electron chi connectivity index (χ3n) is 3.27. The van der Waals surface area contributed by atoms with Gasteiger partial charge in [0.05, 0.1) is 0 Å². The number of carbonyl (C=O) groups is 3. The van der Waals surface area contributed by atoms with Crippen molar-refractivity contribution in [1.29, 1.82) is 0 Å². The van der Waals surface area contributed by atoms with Crippen LogP contribution in [0.25, 0.3) is 0 Å². The van der Waals surface area contributed by atoms with E-state index in [9.17, 15) is 14.4 Å². The van der Waals surface area contributed by atoms with E-state index in [1.807, 2.05) is 0 Å². The molecule has 0 radical (unpaired) electrons. The zero-order valence-corrected chi connectivity index (χ0v) is 11.4. The Hall–Kier alpha value is -1.59. The second-order valence-electron chi connectivity index (χ2n) is 4.92. The largest absolute Gasteiger partial charge is 0.480 e. The first-order valence-electron chi connectivity index (χ1n) is 6.80. The summed E-state index contributed by atoms with van der Waals surface area (Å²) in [6, 6.07) is -0.916. The molecule has 1 unspecified atom stereocenters. The standard InChI is InChI=1S/C13H22N2O4/c1-10(13(18)19)14-11(16)6-7-12(17)15-8-4-2-3-5-9-15/h10H,2-9H2,1H3,(H,14,16)(H,18,19). The molecule has 0 saturated carbocycles. The summed E-state index contributed by atoms with van der Waals surface area (Å²) in [5.41, 5.74) is 0. The highest BCUT2D eigenvalue weighted by Crippen LogP contribution is 2.11. The van der Waals surface area contributed by atoms with Gasteiger partial charge < -0.3 is 15.3 Å². The normalized spacial score (nSPS) is 17.4. The molecule has 0 bridgehead atoms. The minimum absolute atomic E-state index is 0.0139. The van der Waals surface area contributed by atoms with Crippen LogP contribution in [-0.2, 0) is 14.4 Å². The van der Waals surface area contributed by atoms with E-state index in [1.165, 1.54) is 6.92 Å². The molecule has 0 aromatic heterocycles. The number of carboxylic acid groups (broad SMARTS) is 1. The van der Waals surface area contributed by atoms with E-state index in [0.29, 0.717) is 0 Å². The van der Waals surface area contributed by atoms with Crippen LogP contribution in [0.15, 0.2) is 0 Å². The number of nitrogens with one attached hydrogen (secondary N) is 1. The maximum atomic E-state index is 11.9. The van der Waals surface area contributed by atoms with Gasteiger partial charge in [0.15, 0.2) is 0 Å². The quantitative estimate of drug-likeness (QED) is 0.772. The number of aliphatic carboxylic acids is 1. The maximum absolute atomic E-state index is 11.9. The fraction of sp³-hybridized carbons (Fsp3) is 0.769. The smallest absolute Gasteiger partial charge is 0.325 e. The van der Waals surface area contributed by atoms with Crippen LogP contribution < -0.4 is 5.32 Å². The summed E-state index contributed by atoms with van der Waals surface area (Å²) in [5, 5.41) is 11.0. The lowest BCUT2D eigenvalue weighted by atomic mass is 10.2. The predicted molar refractivity (Wildman–Crippen MR) is 69.5 cm³/mol. The Balaban J connectivity index is 2.28. The molecule has 0 aliphatic carbocycles. The molecule has 2 N–H and O–H groups in total. The first-order valence-corrected chi connectivity index (χ1v) is 6.80. The highest BCUT2D eigenvalue weighted by atomic mass is 16.4. The molecule has 0 aromatic rings. The second kappa shape index (κ2) is 7.76. The monoisotopic (exact) mass is 270 g/mol. The van der Waals surface area contributed by atoms with Gasteiger partial charge in [0, 0.05) is 25.9 Å². The summed E-state index contributed by atoms with van der Waals surface area (Å²) >= 11 is 0. The number of nitrogens with zero attached hydrogens (tertiary/aromatic N) is 1. The van der Waals surface area contributed by atoms with Gasteiger partial charge in [0.2, 0.25) is 11.8 Å². The number of rotatable bonds is 5. The minimum atomic E-state index is -1.08. The molecule has 1 rings (SSSR count). The van der Waals surface area contributed by atoms with Gasteiger partial charge in [-0.3, -0.25) is 14.4 Å². The minimum Gasteiger partial charge on any atom is -0.480 e. The lowest BCUT2D eigenvalue weighted by Crippen LogP contribution is -2.39. The summed E-state index contributed by atoms with van der Waals surface area (Å²) in [7, 11) is 0. The van der Waals surface area contributed by atoms with Crippen molar-refractivity contribution in [1.82, 2.24) is 10.2 Å². The van der Waals surface area contributed by atoms with Crippen LogP contribution in [-0.4, -0.2) is 46.9 Å². The van der Waals surface area contributed by atoms with Crippen molar-refractivity contribution >= 4 is 17.8 Å². The van der Waals surface area contributed by atoms with Crippen molar-refractivity contribution in [2.75, 3.05) is 13.1 Å². The lowest BCUT2D eigenvalue weighted by molar-refractivity contribution is -0.141. The van der Waals surface area contributed by atoms with Crippen molar-refractivity contribution in [3.05, 3.63) is 0 Å². The molecule has 1 saturated heterocycles. The Morgan fingerprint density at radius 1 is 1.11 bits per heavy atom. The van der Waals surface area contributed by atoms with E-state index in [-0.39, 0.29) is 18.7 Å². The number of hydrogen-bond acceptors (Lipinski definition) is 3. The highest BCUT2D eigenvalue weighted by molar-refractivity contribution is 5.86. The van der Waals surface area contributed by atoms with E-state index in [4.69, 9.17) is 5.11 Å². The van der Waals surface area contributed by atoms with Crippen molar-refractivity contribution in [3.8, 4) is 0 Å². The van der Waals surface area contributed by atoms with E-state index >= 15 is 0 Å². The highest BCUT2D eigenvalue weighted by Gasteiger charge is 2.18. The van der Waals surface area contributed by atoms with Gasteiger partial charge in [-0.05, 0) is 19.8 Å². The summed E-state index contributed by atoms with van der Waals surface area (Å²) in [5.74, 6) is -1.48. The first kappa shape index (κ1) is 15.5. The van der Waals surface area contributed by atoms with Gasteiger partial charge in [0.25, 0.3) is 0 Å². The topological polar surface area (TPSA) is 86.7 Å². The second-order valence-corrected chi connectivity index (χ2v) is 4.92. The van der Waals surface area contributed by atoms with Gasteiger partial charge in [-0.15, -0.1) is 0 Å². The molecule has 19 heavy (non-hydrogen) atoms. The molecular weight excluding hydrogens is 248 g/mol. The Labute approximate surface area is 113 Å². The van der Waals surface area contributed by atoms with Crippen LogP contribution in [0.2, 0.25) is 0 Å². The maximum Gasteiger partial charge on any atom is 0.325 e. The lowest BCUT2D eigenvalue weighted by Gasteiger charge is -2.20. The Morgan fingerprint density at radius 3 is 2.21 bits per heavy atom. The van der Waals surface area contributed by atoms with Gasteiger partial charge in [0.1, 0.15) is 6.04 Å². The summed E-state index contributed by atoms with van der Waals surface area (Å²) in [4.78, 5) is 35.7. The molecular formula is C13H22N2O4. The number of hydrogen-bond donors (Lipinski definition) is 2. The molecule has 1 heterocycles. The van der Waals surface area contributed by atoms with Crippen LogP contribution in [0.4, 0.5) is 0 Å². The SMILES string of the molecule is CC(NC(=O)CCC(=O)N1CCCCCC1)C(=O)O. The molecule has 1 aliphatic rings. The van der Waals surface area contributed by atoms with Crippen molar-refractivity contribution in [2.24, 2.45) is 0 Å². The summed E-state index contributed by atoms with van der Waals surface area (Å²) < 4.78 is 0. The number of likely N-dealkylation sites (tertiary alicyclic amines) is 1. The predicted octanol–water partition coefficient (Wildman–Crippen LogP) is 0.758. The van der Waals surface area contributed by atoms with Crippen LogP contribution in [0, 0.1) is 0 Å². The third-order valence-corrected chi connectivity index (χ3v) is 3.27. The van der Waals surface area contributed by atoms with E-state index in [2.05, 4.69) is 5.32 Å². The van der Waals surface area contributed by atoms with Crippen molar-refractivity contribution in [2.45, 2.75) is 51.5 Å². The molecule has 6 heteroatoms. The van der Waals surface area contributed by atoms with Gasteiger partial charge in [-0.2, -0.15) is 0 Å². The molecule has 1 fully saturated rings. The fourth-order valence-electron chi connectivity index (χ4n) is 2.07. The van der Waals surface area contributed by atoms with E-state index < -0.39 is 17.9 Å². The zero-order chi connectivity index (χ0) is 14.3. The Bertz CT molecular complexity index is 336. The summed E-state index contributed by atoms with van der Waals surface area (Å²) in [6.45, 7) is 2.94. The van der Waals surface area contributed by atoms with Crippen LogP contribution >= 0.6 is 0 Å². The van der Waals surface area contributed by atoms with Gasteiger partial charge >= 0.3 is 5.97 Å². The van der Waals surface area contributed by atoms with Crippen LogP contribution in [0.3, 0.4) is 0 Å². The van der Waals surface area contributed by atoms with E-state index in [1.54, 1.807) is 4.90 Å². The first-order chi connectivity index (χ1) is 9.00. The molecule has 1 atom stereocenters. The molecule has 6 nitrogen and oxygen atoms in total. The van der Waals surface area contributed by atoms with E-state index in [0.717, 1.165) is 38.8 Å². The van der Waals surface area contributed by atoms with Gasteiger partial charge in [-0.25, -0.2) is 0 Å². The number of amides is 2. The average Bonchev–Trinajstić information content (AvgIpc) is 2.64. The molecule has 108 valence electrons. The molecule has 2 amide bonds. The molecule has 0 spiro atoms. The third kappa shape index (κ3) is 5.72. The Kier molecular flexibility index (Phi) is 6.32. The van der Waals surface area contributed by atoms with Gasteiger partial charge in [-0.1, -0.05) is 12.8 Å². The molecule has 1 aliphatic heterocycles. The Morgan fingerprint density at radius 2 is 1.68 bits per heavy atom. The van der Waals surface area contributed by atoms with Crippen LogP contribution in [0.5, 0.6) is 0 Å². The van der Waals surface area contributed by atoms with Crippen molar-refractivity contribution in [3.63, 3.8) is 0 Å². The molecule has 0 aromatic carbocycles. The van der Waals surface area contributed by atoms with Crippen LogP contribution in [0.1, 0.15) is 45.4 Å². The number of carboxylic acids is 1. The number of carbonyl (C=O) groups excluding carboxylic acids is 2.